The van der Waals surface area contributed by atoms with Gasteiger partial charge in [0.25, 0.3) is 0 Å². The van der Waals surface area contributed by atoms with Crippen molar-refractivity contribution in [2.45, 2.75) is 50.1 Å². The molecule has 0 spiro atoms. The monoisotopic (exact) mass is 359 g/mol. The molecule has 7 nitrogen and oxygen atoms in total. The van der Waals surface area contributed by atoms with Crippen molar-refractivity contribution in [1.29, 1.82) is 0 Å². The highest BCUT2D eigenvalue weighted by molar-refractivity contribution is 7.89. The lowest BCUT2D eigenvalue weighted by atomic mass is 9.44. The van der Waals surface area contributed by atoms with Gasteiger partial charge in [-0.1, -0.05) is 13.3 Å². The van der Waals surface area contributed by atoms with Gasteiger partial charge in [0, 0.05) is 17.1 Å². The largest absolute Gasteiger partial charge is 0.346 e. The summed E-state index contributed by atoms with van der Waals surface area (Å²) in [4.78, 5) is 12.0. The van der Waals surface area contributed by atoms with Gasteiger partial charge in [0.2, 0.25) is 10.0 Å². The van der Waals surface area contributed by atoms with Gasteiger partial charge in [-0.3, -0.25) is 0 Å². The quantitative estimate of drug-likeness (QED) is 0.706. The van der Waals surface area contributed by atoms with Crippen molar-refractivity contribution in [3.63, 3.8) is 0 Å². The highest BCUT2D eigenvalue weighted by Crippen LogP contribution is 2.66. The molecule has 3 fully saturated rings. The minimum atomic E-state index is -3.18. The van der Waals surface area contributed by atoms with E-state index in [1.54, 1.807) is 6.20 Å². The molecule has 3 aromatic heterocycles. The molecule has 3 aliphatic rings. The summed E-state index contributed by atoms with van der Waals surface area (Å²) in [5.41, 5.74) is 2.58. The maximum absolute atomic E-state index is 12.2. The third-order valence-electron chi connectivity index (χ3n) is 5.74. The van der Waals surface area contributed by atoms with Gasteiger partial charge in [-0.05, 0) is 31.7 Å². The molecule has 3 saturated carbocycles. The van der Waals surface area contributed by atoms with E-state index in [4.69, 9.17) is 0 Å². The zero-order valence-electron chi connectivity index (χ0n) is 14.1. The van der Waals surface area contributed by atoms with Crippen molar-refractivity contribution in [1.82, 2.24) is 24.2 Å². The first kappa shape index (κ1) is 15.3. The van der Waals surface area contributed by atoms with E-state index in [0.717, 1.165) is 47.8 Å². The molecule has 0 aliphatic heterocycles. The Hall–Kier alpha value is -1.93. The molecule has 0 radical (unpaired) electrons. The van der Waals surface area contributed by atoms with Crippen molar-refractivity contribution in [3.05, 3.63) is 24.8 Å². The lowest BCUT2D eigenvalue weighted by molar-refractivity contribution is -0.122. The average molecular weight is 359 g/mol. The first-order chi connectivity index (χ1) is 12.0. The van der Waals surface area contributed by atoms with Crippen molar-refractivity contribution < 1.29 is 8.42 Å². The fourth-order valence-corrected chi connectivity index (χ4v) is 6.33. The van der Waals surface area contributed by atoms with E-state index in [1.807, 2.05) is 25.5 Å². The number of hydrogen-bond acceptors (Lipinski definition) is 4. The van der Waals surface area contributed by atoms with Crippen LogP contribution in [-0.4, -0.2) is 39.2 Å². The van der Waals surface area contributed by atoms with Crippen LogP contribution in [0.15, 0.2) is 24.8 Å². The molecular weight excluding hydrogens is 338 g/mol. The Balaban J connectivity index is 1.43. The number of unbranched alkanes of at least 4 members (excludes halogenated alkanes) is 1. The van der Waals surface area contributed by atoms with E-state index < -0.39 is 10.0 Å². The highest BCUT2D eigenvalue weighted by Gasteiger charge is 2.70. The Morgan fingerprint density at radius 2 is 2.12 bits per heavy atom. The number of imidazole rings is 1. The molecule has 0 unspecified atom stereocenters. The molecule has 0 amide bonds. The summed E-state index contributed by atoms with van der Waals surface area (Å²) in [6.45, 7) is 2.01. The van der Waals surface area contributed by atoms with Gasteiger partial charge in [-0.2, -0.15) is 0 Å². The fraction of sp³-hybridized carbons (Fsp3) is 0.529. The van der Waals surface area contributed by atoms with Crippen LogP contribution in [-0.2, 0) is 15.6 Å². The van der Waals surface area contributed by atoms with Gasteiger partial charge >= 0.3 is 0 Å². The van der Waals surface area contributed by atoms with E-state index in [0.29, 0.717) is 6.42 Å². The van der Waals surface area contributed by atoms with E-state index in [1.165, 1.54) is 0 Å². The molecular formula is C17H21N5O2S. The molecule has 8 heteroatoms. The number of aromatic amines is 1. The Labute approximate surface area is 145 Å². The molecule has 3 aliphatic carbocycles. The summed E-state index contributed by atoms with van der Waals surface area (Å²) in [6, 6.07) is 2.03. The summed E-state index contributed by atoms with van der Waals surface area (Å²) in [5, 5.41) is 1.07. The molecule has 0 saturated heterocycles. The van der Waals surface area contributed by atoms with Crippen LogP contribution in [0.2, 0.25) is 0 Å². The van der Waals surface area contributed by atoms with Crippen LogP contribution in [0.3, 0.4) is 0 Å². The minimum Gasteiger partial charge on any atom is -0.346 e. The Kier molecular flexibility index (Phi) is 2.96. The second kappa shape index (κ2) is 4.82. The van der Waals surface area contributed by atoms with Gasteiger partial charge in [0.15, 0.2) is 0 Å². The number of sulfonamides is 1. The zero-order chi connectivity index (χ0) is 17.3. The molecule has 2 N–H and O–H groups in total. The average Bonchev–Trinajstić information content (AvgIpc) is 3.13. The highest BCUT2D eigenvalue weighted by atomic mass is 32.2. The van der Waals surface area contributed by atoms with Crippen LogP contribution in [0.5, 0.6) is 0 Å². The van der Waals surface area contributed by atoms with Crippen molar-refractivity contribution in [2.75, 3.05) is 5.75 Å². The summed E-state index contributed by atoms with van der Waals surface area (Å²) < 4.78 is 29.6. The van der Waals surface area contributed by atoms with E-state index >= 15 is 0 Å². The molecule has 6 rings (SSSR count). The van der Waals surface area contributed by atoms with Crippen LogP contribution in [0, 0.1) is 0 Å². The number of nitrogens with zero attached hydrogens (tertiary/aromatic N) is 3. The van der Waals surface area contributed by atoms with Gasteiger partial charge in [-0.25, -0.2) is 23.1 Å². The second-order valence-corrected chi connectivity index (χ2v) is 9.50. The van der Waals surface area contributed by atoms with Gasteiger partial charge in [-0.15, -0.1) is 0 Å². The number of H-pyrrole nitrogens is 1. The lowest BCUT2D eigenvalue weighted by Crippen LogP contribution is -2.78. The predicted octanol–water partition coefficient (Wildman–Crippen LogP) is 2.26. The number of aromatic nitrogens is 4. The van der Waals surface area contributed by atoms with Crippen LogP contribution in [0.4, 0.5) is 0 Å². The predicted molar refractivity (Wildman–Crippen MR) is 95.8 cm³/mol. The summed E-state index contributed by atoms with van der Waals surface area (Å²) in [5.74, 6) is 0.224. The molecule has 3 aromatic rings. The number of nitrogens with one attached hydrogen (secondary N) is 2. The Bertz CT molecular complexity index is 1060. The first-order valence-corrected chi connectivity index (χ1v) is 10.4. The lowest BCUT2D eigenvalue weighted by Gasteiger charge is -2.70. The van der Waals surface area contributed by atoms with E-state index in [-0.39, 0.29) is 16.8 Å². The van der Waals surface area contributed by atoms with Crippen LogP contribution >= 0.6 is 0 Å². The Morgan fingerprint density at radius 3 is 2.88 bits per heavy atom. The minimum absolute atomic E-state index is 0.00637. The SMILES string of the molecule is CCCCS(=O)(=O)NC12CC(n3cnc4cnc5[nH]ccc5c43)(C1)C2. The van der Waals surface area contributed by atoms with Gasteiger partial charge < -0.3 is 9.55 Å². The maximum Gasteiger partial charge on any atom is 0.212 e. The third-order valence-corrected chi connectivity index (χ3v) is 7.31. The third kappa shape index (κ3) is 2.10. The van der Waals surface area contributed by atoms with E-state index in [9.17, 15) is 8.42 Å². The molecule has 3 heterocycles. The molecule has 0 aromatic carbocycles. The zero-order valence-corrected chi connectivity index (χ0v) is 14.9. The maximum atomic E-state index is 12.2. The number of hydrogen-bond donors (Lipinski definition) is 2. The molecule has 2 bridgehead atoms. The van der Waals surface area contributed by atoms with Crippen molar-refractivity contribution in [3.8, 4) is 0 Å². The van der Waals surface area contributed by atoms with E-state index in [2.05, 4.69) is 24.2 Å². The number of pyridine rings is 1. The standard InChI is InChI=1S/C17H21N5O2S/c1-2-3-6-25(23,24)21-16-8-17(9-16,10-16)22-11-20-13-7-19-15-12(14(13)22)4-5-18-15/h4-5,7,11,21H,2-3,6,8-10H2,1H3,(H,18,19). The summed E-state index contributed by atoms with van der Waals surface area (Å²) >= 11 is 0. The number of fused-ring (bicyclic) bond motifs is 3. The summed E-state index contributed by atoms with van der Waals surface area (Å²) in [7, 11) is -3.18. The Morgan fingerprint density at radius 1 is 1.32 bits per heavy atom. The van der Waals surface area contributed by atoms with Gasteiger partial charge in [0.05, 0.1) is 29.3 Å². The normalized spacial score (nSPS) is 28.2. The second-order valence-electron chi connectivity index (χ2n) is 7.66. The van der Waals surface area contributed by atoms with Crippen LogP contribution in [0.1, 0.15) is 39.0 Å². The van der Waals surface area contributed by atoms with Crippen LogP contribution in [0.25, 0.3) is 22.1 Å². The molecule has 25 heavy (non-hydrogen) atoms. The first-order valence-electron chi connectivity index (χ1n) is 8.77. The number of rotatable bonds is 6. The fourth-order valence-electron chi connectivity index (χ4n) is 4.68. The van der Waals surface area contributed by atoms with Crippen molar-refractivity contribution >= 4 is 32.1 Å². The molecule has 132 valence electrons. The van der Waals surface area contributed by atoms with Crippen molar-refractivity contribution in [2.24, 2.45) is 0 Å². The smallest absolute Gasteiger partial charge is 0.212 e. The topological polar surface area (TPSA) is 92.7 Å². The molecule has 0 atom stereocenters. The van der Waals surface area contributed by atoms with Crippen LogP contribution < -0.4 is 4.72 Å². The van der Waals surface area contributed by atoms with Gasteiger partial charge in [0.1, 0.15) is 11.2 Å². The summed E-state index contributed by atoms with van der Waals surface area (Å²) in [6.07, 6.45) is 9.68.